The molecule has 2 heterocycles. The van der Waals surface area contributed by atoms with Gasteiger partial charge < -0.3 is 9.47 Å². The number of para-hydroxylation sites is 1. The van der Waals surface area contributed by atoms with Gasteiger partial charge in [-0.1, -0.05) is 66.4 Å². The van der Waals surface area contributed by atoms with Crippen molar-refractivity contribution in [3.05, 3.63) is 76.2 Å². The molecule has 2 aromatic carbocycles. The van der Waals surface area contributed by atoms with Crippen molar-refractivity contribution in [2.45, 2.75) is 26.0 Å². The van der Waals surface area contributed by atoms with Crippen LogP contribution >= 0.6 is 24.0 Å². The molecule has 1 amide bonds. The van der Waals surface area contributed by atoms with Crippen molar-refractivity contribution in [1.29, 1.82) is 0 Å². The number of fused-ring (bicyclic) bond motifs is 1. The number of carbonyl (C=O) groups is 1. The standard InChI is InChI=1S/C23H21NO3S2/c1-14(16-8-5-4-6-9-16)24-22(25)20(29-23(24)28)13-18-12-17-10-7-11-19(26-3)21(17)27-15(18)2/h4-15H,1-3H3. The van der Waals surface area contributed by atoms with Gasteiger partial charge in [0.2, 0.25) is 0 Å². The minimum Gasteiger partial charge on any atom is -0.493 e. The summed E-state index contributed by atoms with van der Waals surface area (Å²) in [4.78, 5) is 15.4. The molecule has 0 bridgehead atoms. The van der Waals surface area contributed by atoms with Crippen molar-refractivity contribution < 1.29 is 14.3 Å². The van der Waals surface area contributed by atoms with E-state index in [0.717, 1.165) is 22.4 Å². The molecule has 2 aliphatic heterocycles. The smallest absolute Gasteiger partial charge is 0.266 e. The summed E-state index contributed by atoms with van der Waals surface area (Å²) in [5, 5.41) is 0. The second kappa shape index (κ2) is 8.05. The Balaban J connectivity index is 1.64. The topological polar surface area (TPSA) is 38.8 Å². The largest absolute Gasteiger partial charge is 0.493 e. The summed E-state index contributed by atoms with van der Waals surface area (Å²) in [7, 11) is 1.63. The van der Waals surface area contributed by atoms with Crippen LogP contribution in [0.25, 0.3) is 6.08 Å². The van der Waals surface area contributed by atoms with E-state index in [4.69, 9.17) is 21.7 Å². The monoisotopic (exact) mass is 423 g/mol. The summed E-state index contributed by atoms with van der Waals surface area (Å²) in [5.41, 5.74) is 2.92. The fourth-order valence-electron chi connectivity index (χ4n) is 3.48. The van der Waals surface area contributed by atoms with Crippen LogP contribution in [0, 0.1) is 0 Å². The zero-order valence-electron chi connectivity index (χ0n) is 16.4. The first-order valence-electron chi connectivity index (χ1n) is 9.37. The molecule has 0 aliphatic carbocycles. The van der Waals surface area contributed by atoms with Crippen LogP contribution < -0.4 is 9.47 Å². The van der Waals surface area contributed by atoms with Crippen LogP contribution in [0.4, 0.5) is 0 Å². The van der Waals surface area contributed by atoms with E-state index in [0.29, 0.717) is 15.0 Å². The number of thiocarbonyl (C=S) groups is 1. The third-order valence-corrected chi connectivity index (χ3v) is 6.44. The van der Waals surface area contributed by atoms with Crippen LogP contribution in [0.15, 0.2) is 65.1 Å². The molecule has 2 atom stereocenters. The lowest BCUT2D eigenvalue weighted by Gasteiger charge is -2.25. The first-order chi connectivity index (χ1) is 14.0. The summed E-state index contributed by atoms with van der Waals surface area (Å²) >= 11 is 6.86. The number of rotatable bonds is 4. The third kappa shape index (κ3) is 3.70. The molecule has 2 aliphatic rings. The molecule has 4 rings (SSSR count). The quantitative estimate of drug-likeness (QED) is 0.489. The predicted molar refractivity (Wildman–Crippen MR) is 121 cm³/mol. The van der Waals surface area contributed by atoms with E-state index in [9.17, 15) is 4.79 Å². The summed E-state index contributed by atoms with van der Waals surface area (Å²) in [6.07, 6.45) is 3.73. The Labute approximate surface area is 180 Å². The molecular weight excluding hydrogens is 402 g/mol. The maximum absolute atomic E-state index is 13.1. The van der Waals surface area contributed by atoms with E-state index in [1.807, 2.05) is 74.5 Å². The van der Waals surface area contributed by atoms with Crippen LogP contribution in [-0.2, 0) is 4.79 Å². The molecule has 1 saturated heterocycles. The lowest BCUT2D eigenvalue weighted by molar-refractivity contribution is -0.123. The van der Waals surface area contributed by atoms with E-state index in [-0.39, 0.29) is 18.1 Å². The van der Waals surface area contributed by atoms with Crippen molar-refractivity contribution in [3.63, 3.8) is 0 Å². The predicted octanol–water partition coefficient (Wildman–Crippen LogP) is 5.36. The summed E-state index contributed by atoms with van der Waals surface area (Å²) in [5.74, 6) is 1.36. The zero-order chi connectivity index (χ0) is 20.5. The van der Waals surface area contributed by atoms with E-state index in [1.165, 1.54) is 11.8 Å². The number of carbonyl (C=O) groups excluding carboxylic acids is 1. The number of amides is 1. The first kappa shape index (κ1) is 19.7. The Bertz CT molecular complexity index is 1030. The molecule has 0 saturated carbocycles. The summed E-state index contributed by atoms with van der Waals surface area (Å²) in [6.45, 7) is 3.96. The molecule has 29 heavy (non-hydrogen) atoms. The fourth-order valence-corrected chi connectivity index (χ4v) is 4.90. The Morgan fingerprint density at radius 1 is 1.21 bits per heavy atom. The van der Waals surface area contributed by atoms with E-state index in [2.05, 4.69) is 0 Å². The lowest BCUT2D eigenvalue weighted by atomic mass is 10.0. The van der Waals surface area contributed by atoms with Crippen LogP contribution in [0.1, 0.15) is 31.0 Å². The SMILES string of the molecule is COc1cccc2c1OC(C)C(C=C1SC(=S)N(C(C)c3ccccc3)C1=O)=C2. The summed E-state index contributed by atoms with van der Waals surface area (Å²) < 4.78 is 12.0. The minimum atomic E-state index is -0.200. The van der Waals surface area contributed by atoms with E-state index < -0.39 is 0 Å². The molecule has 0 N–H and O–H groups in total. The van der Waals surface area contributed by atoms with Gasteiger partial charge in [0.1, 0.15) is 10.4 Å². The number of benzene rings is 2. The normalized spacial score (nSPS) is 20.9. The molecule has 4 nitrogen and oxygen atoms in total. The second-order valence-corrected chi connectivity index (χ2v) is 8.60. The number of nitrogens with zero attached hydrogens (tertiary/aromatic N) is 1. The van der Waals surface area contributed by atoms with Gasteiger partial charge in [-0.3, -0.25) is 9.69 Å². The Kier molecular flexibility index (Phi) is 5.48. The van der Waals surface area contributed by atoms with Gasteiger partial charge in [0, 0.05) is 5.56 Å². The van der Waals surface area contributed by atoms with Crippen LogP contribution in [0.2, 0.25) is 0 Å². The van der Waals surface area contributed by atoms with Crippen molar-refractivity contribution in [1.82, 2.24) is 4.90 Å². The number of ether oxygens (including phenoxy) is 2. The second-order valence-electron chi connectivity index (χ2n) is 6.92. The van der Waals surface area contributed by atoms with Crippen molar-refractivity contribution in [2.24, 2.45) is 0 Å². The molecule has 0 aromatic heterocycles. The highest BCUT2D eigenvalue weighted by atomic mass is 32.2. The average Bonchev–Trinajstić information content (AvgIpc) is 3.01. The minimum absolute atomic E-state index is 0.0686. The van der Waals surface area contributed by atoms with Gasteiger partial charge in [0.15, 0.2) is 11.5 Å². The van der Waals surface area contributed by atoms with Crippen molar-refractivity contribution >= 4 is 40.3 Å². The first-order valence-corrected chi connectivity index (χ1v) is 10.6. The molecule has 6 heteroatoms. The maximum Gasteiger partial charge on any atom is 0.266 e. The van der Waals surface area contributed by atoms with Crippen LogP contribution in [0.5, 0.6) is 11.5 Å². The van der Waals surface area contributed by atoms with Gasteiger partial charge in [-0.2, -0.15) is 0 Å². The number of thioether (sulfide) groups is 1. The molecule has 1 fully saturated rings. The van der Waals surface area contributed by atoms with E-state index in [1.54, 1.807) is 12.0 Å². The Morgan fingerprint density at radius 2 is 1.97 bits per heavy atom. The van der Waals surface area contributed by atoms with Gasteiger partial charge in [0.25, 0.3) is 5.91 Å². The zero-order valence-corrected chi connectivity index (χ0v) is 18.0. The lowest BCUT2D eigenvalue weighted by Crippen LogP contribution is -2.31. The van der Waals surface area contributed by atoms with Crippen LogP contribution in [0.3, 0.4) is 0 Å². The van der Waals surface area contributed by atoms with Gasteiger partial charge in [-0.15, -0.1) is 0 Å². The molecule has 148 valence electrons. The highest BCUT2D eigenvalue weighted by Crippen LogP contribution is 2.41. The van der Waals surface area contributed by atoms with Gasteiger partial charge >= 0.3 is 0 Å². The number of hydrogen-bond acceptors (Lipinski definition) is 5. The van der Waals surface area contributed by atoms with Gasteiger partial charge in [-0.05, 0) is 43.2 Å². The Hall–Kier alpha value is -2.57. The van der Waals surface area contributed by atoms with Crippen LogP contribution in [-0.4, -0.2) is 28.3 Å². The summed E-state index contributed by atoms with van der Waals surface area (Å²) in [6, 6.07) is 15.6. The molecule has 0 spiro atoms. The van der Waals surface area contributed by atoms with Gasteiger partial charge in [0.05, 0.1) is 18.1 Å². The fraction of sp³-hybridized carbons (Fsp3) is 0.217. The van der Waals surface area contributed by atoms with Crippen molar-refractivity contribution in [2.75, 3.05) is 7.11 Å². The number of methoxy groups -OCH3 is 1. The molecule has 0 radical (unpaired) electrons. The van der Waals surface area contributed by atoms with E-state index >= 15 is 0 Å². The van der Waals surface area contributed by atoms with Crippen molar-refractivity contribution in [3.8, 4) is 11.5 Å². The highest BCUT2D eigenvalue weighted by Gasteiger charge is 2.36. The van der Waals surface area contributed by atoms with Gasteiger partial charge in [-0.25, -0.2) is 0 Å². The molecule has 2 aromatic rings. The maximum atomic E-state index is 13.1. The number of hydrogen-bond donors (Lipinski definition) is 0. The molecular formula is C23H21NO3S2. The third-order valence-electron chi connectivity index (χ3n) is 5.11. The average molecular weight is 424 g/mol. The Morgan fingerprint density at radius 3 is 2.69 bits per heavy atom. The highest BCUT2D eigenvalue weighted by molar-refractivity contribution is 8.26. The molecule has 2 unspecified atom stereocenters.